The number of carbonyl (C=O) groups excluding carboxylic acids is 1. The molecule has 0 aliphatic heterocycles. The van der Waals surface area contributed by atoms with Crippen LogP contribution in [-0.2, 0) is 4.79 Å². The summed E-state index contributed by atoms with van der Waals surface area (Å²) in [5.74, 6) is -1.31. The lowest BCUT2D eigenvalue weighted by Crippen LogP contribution is -2.34. The van der Waals surface area contributed by atoms with E-state index in [0.717, 1.165) is 0 Å². The molecule has 1 heterocycles. The molecular formula is C13H12ClN5O3. The lowest BCUT2D eigenvalue weighted by atomic mass is 10.1. The molecule has 0 radical (unpaired) electrons. The molecule has 114 valence electrons. The SMILES string of the molecule is O=C(NCC1(C(=O)O)CC1)c1cc(Cl)ccc1-n1cnnn1. The molecule has 0 saturated heterocycles. The zero-order chi connectivity index (χ0) is 15.7. The number of aromatic nitrogens is 4. The van der Waals surface area contributed by atoms with Gasteiger partial charge in [-0.05, 0) is 41.5 Å². The number of carboxylic acids is 1. The molecule has 0 atom stereocenters. The Kier molecular flexibility index (Phi) is 3.53. The van der Waals surface area contributed by atoms with Crippen LogP contribution in [0, 0.1) is 5.41 Å². The van der Waals surface area contributed by atoms with Crippen molar-refractivity contribution >= 4 is 23.5 Å². The lowest BCUT2D eigenvalue weighted by molar-refractivity contribution is -0.143. The second-order valence-electron chi connectivity index (χ2n) is 5.18. The smallest absolute Gasteiger partial charge is 0.311 e. The minimum atomic E-state index is -0.889. The van der Waals surface area contributed by atoms with Crippen LogP contribution in [0.25, 0.3) is 5.69 Å². The van der Waals surface area contributed by atoms with E-state index < -0.39 is 17.3 Å². The molecule has 9 heteroatoms. The first kappa shape index (κ1) is 14.5. The van der Waals surface area contributed by atoms with Crippen molar-refractivity contribution < 1.29 is 14.7 Å². The van der Waals surface area contributed by atoms with Gasteiger partial charge in [-0.25, -0.2) is 0 Å². The molecular weight excluding hydrogens is 310 g/mol. The number of halogens is 1. The lowest BCUT2D eigenvalue weighted by Gasteiger charge is -2.13. The second-order valence-corrected chi connectivity index (χ2v) is 5.62. The van der Waals surface area contributed by atoms with Gasteiger partial charge in [0, 0.05) is 11.6 Å². The fraction of sp³-hybridized carbons (Fsp3) is 0.308. The van der Waals surface area contributed by atoms with E-state index in [9.17, 15) is 9.59 Å². The van der Waals surface area contributed by atoms with Gasteiger partial charge in [-0.15, -0.1) is 5.10 Å². The number of rotatable bonds is 5. The molecule has 3 rings (SSSR count). The summed E-state index contributed by atoms with van der Waals surface area (Å²) in [7, 11) is 0. The van der Waals surface area contributed by atoms with Crippen LogP contribution in [0.15, 0.2) is 24.5 Å². The number of aliphatic carboxylic acids is 1. The van der Waals surface area contributed by atoms with E-state index in [1.807, 2.05) is 0 Å². The van der Waals surface area contributed by atoms with Gasteiger partial charge in [0.15, 0.2) is 0 Å². The van der Waals surface area contributed by atoms with E-state index in [1.165, 1.54) is 17.1 Å². The van der Waals surface area contributed by atoms with Gasteiger partial charge in [0.1, 0.15) is 6.33 Å². The summed E-state index contributed by atoms with van der Waals surface area (Å²) in [5, 5.41) is 23.0. The zero-order valence-electron chi connectivity index (χ0n) is 11.4. The van der Waals surface area contributed by atoms with Crippen molar-refractivity contribution in [2.24, 2.45) is 5.41 Å². The summed E-state index contributed by atoms with van der Waals surface area (Å²) in [6.45, 7) is 0.0860. The molecule has 0 bridgehead atoms. The molecule has 1 amide bonds. The third-order valence-electron chi connectivity index (χ3n) is 3.69. The van der Waals surface area contributed by atoms with E-state index in [-0.39, 0.29) is 12.1 Å². The first-order chi connectivity index (χ1) is 10.5. The number of benzene rings is 1. The first-order valence-corrected chi connectivity index (χ1v) is 6.94. The van der Waals surface area contributed by atoms with Crippen LogP contribution in [-0.4, -0.2) is 43.7 Å². The standard InChI is InChI=1S/C13H12ClN5O3/c14-8-1-2-10(19-7-16-17-18-19)9(5-8)11(20)15-6-13(3-4-13)12(21)22/h1-2,5,7H,3-4,6H2,(H,15,20)(H,21,22). The Morgan fingerprint density at radius 1 is 1.41 bits per heavy atom. The maximum Gasteiger partial charge on any atom is 0.311 e. The van der Waals surface area contributed by atoms with Crippen LogP contribution >= 0.6 is 11.6 Å². The number of nitrogens with one attached hydrogen (secondary N) is 1. The van der Waals surface area contributed by atoms with Gasteiger partial charge in [-0.1, -0.05) is 11.6 Å². The van der Waals surface area contributed by atoms with Crippen LogP contribution in [0.3, 0.4) is 0 Å². The van der Waals surface area contributed by atoms with Crippen molar-refractivity contribution in [2.45, 2.75) is 12.8 Å². The van der Waals surface area contributed by atoms with Gasteiger partial charge in [-0.2, -0.15) is 4.68 Å². The van der Waals surface area contributed by atoms with Crippen LogP contribution in [0.1, 0.15) is 23.2 Å². The average Bonchev–Trinajstić information content (AvgIpc) is 3.11. The molecule has 2 aromatic rings. The molecule has 1 aromatic heterocycles. The average molecular weight is 322 g/mol. The van der Waals surface area contributed by atoms with Crippen molar-refractivity contribution in [1.82, 2.24) is 25.5 Å². The van der Waals surface area contributed by atoms with E-state index in [0.29, 0.717) is 23.6 Å². The summed E-state index contributed by atoms with van der Waals surface area (Å²) in [6, 6.07) is 4.74. The Labute approximate surface area is 130 Å². The molecule has 0 unspecified atom stereocenters. The van der Waals surface area contributed by atoms with Crippen LogP contribution < -0.4 is 5.32 Å². The topological polar surface area (TPSA) is 110 Å². The zero-order valence-corrected chi connectivity index (χ0v) is 12.1. The van der Waals surface area contributed by atoms with E-state index in [2.05, 4.69) is 20.8 Å². The van der Waals surface area contributed by atoms with Gasteiger partial charge < -0.3 is 10.4 Å². The van der Waals surface area contributed by atoms with E-state index in [1.54, 1.807) is 12.1 Å². The first-order valence-electron chi connectivity index (χ1n) is 6.56. The molecule has 1 aliphatic rings. The van der Waals surface area contributed by atoms with Crippen molar-refractivity contribution in [3.8, 4) is 5.69 Å². The number of carbonyl (C=O) groups is 2. The van der Waals surface area contributed by atoms with E-state index >= 15 is 0 Å². The van der Waals surface area contributed by atoms with Crippen LogP contribution in [0.2, 0.25) is 5.02 Å². The number of carboxylic acid groups (broad SMARTS) is 1. The highest BCUT2D eigenvalue weighted by Crippen LogP contribution is 2.45. The van der Waals surface area contributed by atoms with Crippen molar-refractivity contribution in [1.29, 1.82) is 0 Å². The number of hydrogen-bond acceptors (Lipinski definition) is 5. The quantitative estimate of drug-likeness (QED) is 0.847. The molecule has 1 saturated carbocycles. The third kappa shape index (κ3) is 2.64. The molecule has 2 N–H and O–H groups in total. The van der Waals surface area contributed by atoms with Gasteiger partial charge in [0.2, 0.25) is 0 Å². The number of tetrazole rings is 1. The van der Waals surface area contributed by atoms with Crippen molar-refractivity contribution in [2.75, 3.05) is 6.54 Å². The van der Waals surface area contributed by atoms with Crippen molar-refractivity contribution in [3.05, 3.63) is 35.1 Å². The minimum Gasteiger partial charge on any atom is -0.481 e. The molecule has 0 spiro atoms. The summed E-state index contributed by atoms with van der Waals surface area (Å²) in [4.78, 5) is 23.5. The Morgan fingerprint density at radius 2 is 2.18 bits per heavy atom. The number of hydrogen-bond donors (Lipinski definition) is 2. The fourth-order valence-corrected chi connectivity index (χ4v) is 2.30. The predicted molar refractivity (Wildman–Crippen MR) is 75.8 cm³/mol. The molecule has 1 aromatic carbocycles. The Morgan fingerprint density at radius 3 is 2.77 bits per heavy atom. The number of nitrogens with zero attached hydrogens (tertiary/aromatic N) is 4. The van der Waals surface area contributed by atoms with E-state index in [4.69, 9.17) is 16.7 Å². The van der Waals surface area contributed by atoms with Crippen LogP contribution in [0.5, 0.6) is 0 Å². The highest BCUT2D eigenvalue weighted by atomic mass is 35.5. The maximum atomic E-state index is 12.4. The summed E-state index contributed by atoms with van der Waals surface area (Å²) < 4.78 is 1.34. The summed E-state index contributed by atoms with van der Waals surface area (Å²) in [5.41, 5.74) is -0.0866. The predicted octanol–water partition coefficient (Wildman–Crippen LogP) is 0.910. The second kappa shape index (κ2) is 5.38. The largest absolute Gasteiger partial charge is 0.481 e. The fourth-order valence-electron chi connectivity index (χ4n) is 2.12. The Hall–Kier alpha value is -2.48. The molecule has 1 aliphatic carbocycles. The van der Waals surface area contributed by atoms with Crippen LogP contribution in [0.4, 0.5) is 0 Å². The Bertz CT molecular complexity index is 727. The minimum absolute atomic E-state index is 0.0860. The summed E-state index contributed by atoms with van der Waals surface area (Å²) in [6.07, 6.45) is 2.50. The monoisotopic (exact) mass is 321 g/mol. The van der Waals surface area contributed by atoms with Gasteiger partial charge >= 0.3 is 5.97 Å². The van der Waals surface area contributed by atoms with Gasteiger partial charge in [0.25, 0.3) is 5.91 Å². The third-order valence-corrected chi connectivity index (χ3v) is 3.93. The number of amides is 1. The summed E-state index contributed by atoms with van der Waals surface area (Å²) >= 11 is 5.94. The highest BCUT2D eigenvalue weighted by molar-refractivity contribution is 6.31. The molecule has 22 heavy (non-hydrogen) atoms. The Balaban J connectivity index is 1.83. The van der Waals surface area contributed by atoms with Gasteiger partial charge in [0.05, 0.1) is 16.7 Å². The van der Waals surface area contributed by atoms with Gasteiger partial charge in [-0.3, -0.25) is 9.59 Å². The highest BCUT2D eigenvalue weighted by Gasteiger charge is 2.50. The molecule has 1 fully saturated rings. The molecule has 8 nitrogen and oxygen atoms in total. The van der Waals surface area contributed by atoms with Crippen molar-refractivity contribution in [3.63, 3.8) is 0 Å². The normalized spacial score (nSPS) is 15.3. The maximum absolute atomic E-state index is 12.4.